The van der Waals surface area contributed by atoms with Gasteiger partial charge < -0.3 is 5.32 Å². The van der Waals surface area contributed by atoms with E-state index in [4.69, 9.17) is 4.84 Å². The molecular formula is C12H18N4O2. The molecule has 1 aromatic carbocycles. The Kier molecular flexibility index (Phi) is 5.66. The normalized spacial score (nSPS) is 10.4. The Morgan fingerprint density at radius 3 is 2.67 bits per heavy atom. The van der Waals surface area contributed by atoms with Crippen LogP contribution >= 0.6 is 0 Å². The third kappa shape index (κ3) is 4.42. The van der Waals surface area contributed by atoms with Crippen LogP contribution in [0, 0.1) is 13.8 Å². The van der Waals surface area contributed by atoms with Crippen molar-refractivity contribution in [3.63, 3.8) is 0 Å². The highest BCUT2D eigenvalue weighted by Gasteiger charge is 2.05. The standard InChI is InChI=1S/C12H18N4O2/c1-4-18-16-14-8-13-12(17)15-11-9(2)6-5-7-10(11)3/h5-8,16H,4H2,1-3H3,(H2,13,14,15,17). The number of para-hydroxylation sites is 1. The van der Waals surface area contributed by atoms with Gasteiger partial charge in [0, 0.05) is 5.69 Å². The molecule has 0 aliphatic heterocycles. The fourth-order valence-electron chi connectivity index (χ4n) is 1.38. The highest BCUT2D eigenvalue weighted by molar-refractivity contribution is 5.97. The van der Waals surface area contributed by atoms with Gasteiger partial charge in [0.25, 0.3) is 0 Å². The molecule has 6 heteroatoms. The molecule has 0 saturated heterocycles. The Bertz CT molecular complexity index is 412. The van der Waals surface area contributed by atoms with Gasteiger partial charge in [0.1, 0.15) is 6.34 Å². The Balaban J connectivity index is 2.47. The van der Waals surface area contributed by atoms with Gasteiger partial charge in [0.2, 0.25) is 0 Å². The van der Waals surface area contributed by atoms with Crippen LogP contribution in [0.1, 0.15) is 18.1 Å². The molecule has 0 spiro atoms. The molecule has 1 rings (SSSR count). The molecule has 3 N–H and O–H groups in total. The first-order chi connectivity index (χ1) is 8.65. The second kappa shape index (κ2) is 7.29. The number of benzene rings is 1. The van der Waals surface area contributed by atoms with E-state index in [0.717, 1.165) is 16.8 Å². The van der Waals surface area contributed by atoms with Crippen molar-refractivity contribution in [2.45, 2.75) is 20.8 Å². The van der Waals surface area contributed by atoms with Crippen molar-refractivity contribution < 1.29 is 9.63 Å². The van der Waals surface area contributed by atoms with E-state index in [1.807, 2.05) is 39.0 Å². The average molecular weight is 250 g/mol. The van der Waals surface area contributed by atoms with Crippen molar-refractivity contribution in [1.82, 2.24) is 10.9 Å². The monoisotopic (exact) mass is 250 g/mol. The SMILES string of the molecule is CCONN=CNC(=O)Nc1c(C)cccc1C. The summed E-state index contributed by atoms with van der Waals surface area (Å²) in [6.45, 7) is 6.19. The highest BCUT2D eigenvalue weighted by Crippen LogP contribution is 2.18. The fourth-order valence-corrected chi connectivity index (χ4v) is 1.38. The van der Waals surface area contributed by atoms with Gasteiger partial charge in [-0.15, -0.1) is 5.10 Å². The van der Waals surface area contributed by atoms with E-state index in [-0.39, 0.29) is 6.03 Å². The molecule has 2 amide bonds. The Hall–Kier alpha value is -2.08. The van der Waals surface area contributed by atoms with Gasteiger partial charge in [0.05, 0.1) is 6.61 Å². The van der Waals surface area contributed by atoms with Gasteiger partial charge in [-0.1, -0.05) is 18.2 Å². The number of amides is 2. The predicted octanol–water partition coefficient (Wildman–Crippen LogP) is 1.91. The molecule has 0 atom stereocenters. The van der Waals surface area contributed by atoms with E-state index < -0.39 is 0 Å². The summed E-state index contributed by atoms with van der Waals surface area (Å²) in [4.78, 5) is 16.3. The zero-order chi connectivity index (χ0) is 13.4. The van der Waals surface area contributed by atoms with Crippen LogP contribution in [-0.4, -0.2) is 19.0 Å². The number of aryl methyl sites for hydroxylation is 2. The second-order valence-corrected chi connectivity index (χ2v) is 3.65. The van der Waals surface area contributed by atoms with Gasteiger partial charge in [-0.3, -0.25) is 10.2 Å². The van der Waals surface area contributed by atoms with Crippen LogP contribution in [0.4, 0.5) is 10.5 Å². The smallest absolute Gasteiger partial charge is 0.307 e. The van der Waals surface area contributed by atoms with E-state index >= 15 is 0 Å². The minimum atomic E-state index is -0.352. The lowest BCUT2D eigenvalue weighted by atomic mass is 10.1. The molecule has 0 saturated carbocycles. The Labute approximate surface area is 106 Å². The van der Waals surface area contributed by atoms with Crippen LogP contribution in [0.25, 0.3) is 0 Å². The minimum absolute atomic E-state index is 0.352. The van der Waals surface area contributed by atoms with Gasteiger partial charge in [-0.2, -0.15) is 5.59 Å². The number of carbonyl (C=O) groups is 1. The van der Waals surface area contributed by atoms with Gasteiger partial charge >= 0.3 is 6.03 Å². The maximum Gasteiger partial charge on any atom is 0.324 e. The first kappa shape index (κ1) is 14.0. The van der Waals surface area contributed by atoms with Crippen LogP contribution < -0.4 is 16.2 Å². The summed E-state index contributed by atoms with van der Waals surface area (Å²) < 4.78 is 0. The molecule has 98 valence electrons. The van der Waals surface area contributed by atoms with E-state index in [9.17, 15) is 4.79 Å². The molecule has 0 unspecified atom stereocenters. The first-order valence-corrected chi connectivity index (χ1v) is 5.67. The number of rotatable bonds is 5. The van der Waals surface area contributed by atoms with Crippen molar-refractivity contribution in [2.75, 3.05) is 11.9 Å². The van der Waals surface area contributed by atoms with Crippen LogP contribution in [0.3, 0.4) is 0 Å². The maximum absolute atomic E-state index is 11.6. The molecule has 0 heterocycles. The molecule has 0 aliphatic carbocycles. The quantitative estimate of drug-likeness (QED) is 0.323. The van der Waals surface area contributed by atoms with E-state index in [0.29, 0.717) is 6.61 Å². The predicted molar refractivity (Wildman–Crippen MR) is 71.3 cm³/mol. The first-order valence-electron chi connectivity index (χ1n) is 5.67. The lowest BCUT2D eigenvalue weighted by molar-refractivity contribution is 0.0534. The third-order valence-electron chi connectivity index (χ3n) is 2.24. The number of anilines is 1. The molecule has 0 fully saturated rings. The van der Waals surface area contributed by atoms with E-state index in [1.165, 1.54) is 6.34 Å². The van der Waals surface area contributed by atoms with Crippen molar-refractivity contribution in [3.05, 3.63) is 29.3 Å². The van der Waals surface area contributed by atoms with Crippen LogP contribution in [-0.2, 0) is 4.84 Å². The lowest BCUT2D eigenvalue weighted by Crippen LogP contribution is -2.28. The van der Waals surface area contributed by atoms with Gasteiger partial charge in [-0.05, 0) is 31.9 Å². The number of hydrazone groups is 1. The highest BCUT2D eigenvalue weighted by atomic mass is 16.7. The summed E-state index contributed by atoms with van der Waals surface area (Å²) in [6, 6.07) is 5.47. The molecule has 18 heavy (non-hydrogen) atoms. The molecule has 0 bridgehead atoms. The minimum Gasteiger partial charge on any atom is -0.307 e. The summed E-state index contributed by atoms with van der Waals surface area (Å²) in [5.41, 5.74) is 5.13. The molecule has 0 aliphatic rings. The zero-order valence-electron chi connectivity index (χ0n) is 10.8. The summed E-state index contributed by atoms with van der Waals surface area (Å²) in [5.74, 6) is 0. The summed E-state index contributed by atoms with van der Waals surface area (Å²) in [7, 11) is 0. The number of nitrogens with zero attached hydrogens (tertiary/aromatic N) is 1. The fraction of sp³-hybridized carbons (Fsp3) is 0.333. The van der Waals surface area contributed by atoms with Crippen molar-refractivity contribution >= 4 is 18.1 Å². The topological polar surface area (TPSA) is 74.8 Å². The number of hydrogen-bond donors (Lipinski definition) is 3. The largest absolute Gasteiger partial charge is 0.324 e. The van der Waals surface area contributed by atoms with Crippen LogP contribution in [0.5, 0.6) is 0 Å². The average Bonchev–Trinajstić information content (AvgIpc) is 2.34. The molecule has 0 radical (unpaired) electrons. The summed E-state index contributed by atoms with van der Waals surface area (Å²) in [6.07, 6.45) is 1.22. The molecule has 1 aromatic rings. The molecular weight excluding hydrogens is 232 g/mol. The van der Waals surface area contributed by atoms with Gasteiger partial charge in [-0.25, -0.2) is 4.79 Å². The number of nitrogens with one attached hydrogen (secondary N) is 3. The maximum atomic E-state index is 11.6. The second-order valence-electron chi connectivity index (χ2n) is 3.65. The lowest BCUT2D eigenvalue weighted by Gasteiger charge is -2.10. The van der Waals surface area contributed by atoms with Crippen LogP contribution in [0.15, 0.2) is 23.3 Å². The van der Waals surface area contributed by atoms with Gasteiger partial charge in [0.15, 0.2) is 0 Å². The van der Waals surface area contributed by atoms with Crippen molar-refractivity contribution in [1.29, 1.82) is 0 Å². The van der Waals surface area contributed by atoms with Crippen molar-refractivity contribution in [2.24, 2.45) is 5.10 Å². The van der Waals surface area contributed by atoms with Crippen LogP contribution in [0.2, 0.25) is 0 Å². The zero-order valence-corrected chi connectivity index (χ0v) is 10.8. The van der Waals surface area contributed by atoms with E-state index in [1.54, 1.807) is 0 Å². The summed E-state index contributed by atoms with van der Waals surface area (Å²) >= 11 is 0. The number of hydrogen-bond acceptors (Lipinski definition) is 4. The van der Waals surface area contributed by atoms with E-state index in [2.05, 4.69) is 21.3 Å². The third-order valence-corrected chi connectivity index (χ3v) is 2.24. The number of carbonyl (C=O) groups excluding carboxylic acids is 1. The Morgan fingerprint density at radius 1 is 1.39 bits per heavy atom. The van der Waals surface area contributed by atoms with Crippen molar-refractivity contribution in [3.8, 4) is 0 Å². The Morgan fingerprint density at radius 2 is 2.06 bits per heavy atom. The number of urea groups is 1. The molecule has 6 nitrogen and oxygen atoms in total. The summed E-state index contributed by atoms with van der Waals surface area (Å²) in [5, 5.41) is 8.84. The molecule has 0 aromatic heterocycles.